The molecule has 0 amide bonds. The van der Waals surface area contributed by atoms with Gasteiger partial charge in [0.25, 0.3) is 0 Å². The Morgan fingerprint density at radius 2 is 0.881 bits per heavy atom. The van der Waals surface area contributed by atoms with Crippen molar-refractivity contribution in [2.24, 2.45) is 0 Å². The summed E-state index contributed by atoms with van der Waals surface area (Å²) in [7, 11) is 0. The molecule has 0 spiro atoms. The largest absolute Gasteiger partial charge is 0.308 e. The first-order chi connectivity index (χ1) is 28.7. The number of halogens is 1. The van der Waals surface area contributed by atoms with E-state index in [-0.39, 0.29) is 5.56 Å². The summed E-state index contributed by atoms with van der Waals surface area (Å²) in [5, 5.41) is 24.8. The van der Waals surface area contributed by atoms with Gasteiger partial charge in [-0.05, 0) is 116 Å². The lowest BCUT2D eigenvalue weighted by Gasteiger charge is -2.21. The molecule has 2 aromatic heterocycles. The van der Waals surface area contributed by atoms with E-state index in [9.17, 15) is 10.5 Å². The van der Waals surface area contributed by atoms with E-state index in [1.165, 1.54) is 28.3 Å². The third-order valence-electron chi connectivity index (χ3n) is 11.8. The molecule has 0 saturated carbocycles. The van der Waals surface area contributed by atoms with Crippen LogP contribution in [0.1, 0.15) is 33.4 Å². The number of aromatic nitrogens is 2. The second-order valence-corrected chi connectivity index (χ2v) is 15.6. The second-order valence-electron chi connectivity index (χ2n) is 15.6. The molecule has 0 bridgehead atoms. The minimum absolute atomic E-state index is 0.230. The minimum atomic E-state index is -0.523. The van der Waals surface area contributed by atoms with E-state index in [0.717, 1.165) is 65.9 Å². The van der Waals surface area contributed by atoms with Crippen LogP contribution >= 0.6 is 0 Å². The highest BCUT2D eigenvalue weighted by atomic mass is 19.1. The van der Waals surface area contributed by atoms with Crippen molar-refractivity contribution in [3.05, 3.63) is 191 Å². The van der Waals surface area contributed by atoms with Crippen molar-refractivity contribution in [3.63, 3.8) is 0 Å². The van der Waals surface area contributed by atoms with E-state index in [1.54, 1.807) is 12.1 Å². The van der Waals surface area contributed by atoms with E-state index in [1.807, 2.05) is 36.4 Å². The van der Waals surface area contributed by atoms with Crippen molar-refractivity contribution < 1.29 is 4.39 Å². The van der Waals surface area contributed by atoms with Gasteiger partial charge in [0, 0.05) is 32.7 Å². The van der Waals surface area contributed by atoms with Crippen molar-refractivity contribution in [3.8, 4) is 56.9 Å². The summed E-state index contributed by atoms with van der Waals surface area (Å²) in [4.78, 5) is 0. The zero-order valence-electron chi connectivity index (χ0n) is 33.1. The van der Waals surface area contributed by atoms with Gasteiger partial charge in [-0.15, -0.1) is 0 Å². The SMILES string of the molecule is Cc1ccc(-c2ccc3c4ccccc4n(-c4cc(C#N)cc(-n5c6ccccc6c6ccc(-c7ccc(C)cc7C)cc65)c4-c4ccc(C#N)cc4F)c3c2)c(C)c1. The molecule has 280 valence electrons. The van der Waals surface area contributed by atoms with Crippen LogP contribution in [0, 0.1) is 56.2 Å². The molecule has 0 unspecified atom stereocenters. The third kappa shape index (κ3) is 5.71. The molecule has 0 N–H and O–H groups in total. The van der Waals surface area contributed by atoms with Crippen LogP contribution in [0.25, 0.3) is 88.4 Å². The number of rotatable bonds is 5. The monoisotopic (exact) mass is 760 g/mol. The number of benzene rings is 8. The van der Waals surface area contributed by atoms with E-state index >= 15 is 4.39 Å². The van der Waals surface area contributed by atoms with Crippen LogP contribution in [-0.2, 0) is 0 Å². The Hall–Kier alpha value is -7.73. The van der Waals surface area contributed by atoms with Gasteiger partial charge in [-0.1, -0.05) is 108 Å². The topological polar surface area (TPSA) is 57.4 Å². The first-order valence-corrected chi connectivity index (χ1v) is 19.7. The molecule has 0 atom stereocenters. The van der Waals surface area contributed by atoms with Gasteiger partial charge in [0.1, 0.15) is 5.82 Å². The van der Waals surface area contributed by atoms with Gasteiger partial charge in [-0.3, -0.25) is 0 Å². The normalized spacial score (nSPS) is 11.4. The van der Waals surface area contributed by atoms with Gasteiger partial charge in [0.15, 0.2) is 0 Å². The number of nitriles is 2. The fraction of sp³-hybridized carbons (Fsp3) is 0.0741. The van der Waals surface area contributed by atoms with Crippen LogP contribution in [0.4, 0.5) is 4.39 Å². The van der Waals surface area contributed by atoms with Gasteiger partial charge in [0.05, 0.1) is 56.7 Å². The summed E-state index contributed by atoms with van der Waals surface area (Å²) in [6.45, 7) is 8.47. The highest BCUT2D eigenvalue weighted by Crippen LogP contribution is 2.45. The summed E-state index contributed by atoms with van der Waals surface area (Å²) in [6.07, 6.45) is 0. The first kappa shape index (κ1) is 35.7. The van der Waals surface area contributed by atoms with Gasteiger partial charge in [0.2, 0.25) is 0 Å². The summed E-state index contributed by atoms with van der Waals surface area (Å²) >= 11 is 0. The number of fused-ring (bicyclic) bond motifs is 6. The minimum Gasteiger partial charge on any atom is -0.308 e. The van der Waals surface area contributed by atoms with Gasteiger partial charge >= 0.3 is 0 Å². The van der Waals surface area contributed by atoms with Crippen molar-refractivity contribution in [2.45, 2.75) is 27.7 Å². The molecule has 5 heteroatoms. The van der Waals surface area contributed by atoms with Crippen LogP contribution in [0.3, 0.4) is 0 Å². The molecule has 0 fully saturated rings. The zero-order chi connectivity index (χ0) is 40.5. The van der Waals surface area contributed by atoms with E-state index in [4.69, 9.17) is 0 Å². The lowest BCUT2D eigenvalue weighted by molar-refractivity contribution is 0.630. The molecule has 0 saturated heterocycles. The fourth-order valence-electron chi connectivity index (χ4n) is 9.16. The predicted molar refractivity (Wildman–Crippen MR) is 240 cm³/mol. The molecule has 0 radical (unpaired) electrons. The Labute approximate surface area is 341 Å². The Bertz CT molecular complexity index is 3290. The van der Waals surface area contributed by atoms with E-state index in [2.05, 4.69) is 146 Å². The van der Waals surface area contributed by atoms with Crippen LogP contribution in [-0.4, -0.2) is 9.13 Å². The number of nitrogens with zero attached hydrogens (tertiary/aromatic N) is 4. The predicted octanol–water partition coefficient (Wildman–Crippen LogP) is 14.0. The number of aryl methyl sites for hydroxylation is 4. The quantitative estimate of drug-likeness (QED) is 0.175. The Morgan fingerprint density at radius 1 is 0.424 bits per heavy atom. The van der Waals surface area contributed by atoms with Crippen LogP contribution in [0.15, 0.2) is 152 Å². The highest BCUT2D eigenvalue weighted by Gasteiger charge is 2.25. The smallest absolute Gasteiger partial charge is 0.132 e. The third-order valence-corrected chi connectivity index (χ3v) is 11.8. The summed E-state index contributed by atoms with van der Waals surface area (Å²) < 4.78 is 21.3. The maximum Gasteiger partial charge on any atom is 0.132 e. The maximum atomic E-state index is 16.9. The van der Waals surface area contributed by atoms with Crippen molar-refractivity contribution >= 4 is 43.6 Å². The molecule has 8 aromatic carbocycles. The second kappa shape index (κ2) is 13.7. The Balaban J connectivity index is 1.37. The molecule has 0 aliphatic rings. The molecule has 10 aromatic rings. The van der Waals surface area contributed by atoms with Gasteiger partial charge < -0.3 is 9.13 Å². The number of hydrogen-bond acceptors (Lipinski definition) is 2. The van der Waals surface area contributed by atoms with E-state index < -0.39 is 5.82 Å². The maximum absolute atomic E-state index is 16.9. The van der Waals surface area contributed by atoms with Crippen molar-refractivity contribution in [1.29, 1.82) is 10.5 Å². The van der Waals surface area contributed by atoms with Crippen LogP contribution < -0.4 is 0 Å². The van der Waals surface area contributed by atoms with E-state index in [0.29, 0.717) is 28.1 Å². The molecule has 0 aliphatic heterocycles. The summed E-state index contributed by atoms with van der Waals surface area (Å²) in [6, 6.07) is 55.6. The molecule has 59 heavy (non-hydrogen) atoms. The number of hydrogen-bond donors (Lipinski definition) is 0. The Kier molecular flexibility index (Phi) is 8.30. The molecule has 0 aliphatic carbocycles. The molecular formula is C54H37FN4. The fourth-order valence-corrected chi connectivity index (χ4v) is 9.16. The lowest BCUT2D eigenvalue weighted by Crippen LogP contribution is -2.06. The summed E-state index contributed by atoms with van der Waals surface area (Å²) in [5.74, 6) is -0.523. The molecule has 4 nitrogen and oxygen atoms in total. The zero-order valence-corrected chi connectivity index (χ0v) is 33.1. The average Bonchev–Trinajstić information content (AvgIpc) is 3.75. The lowest BCUT2D eigenvalue weighted by atomic mass is 9.96. The highest BCUT2D eigenvalue weighted by molar-refractivity contribution is 6.13. The Morgan fingerprint density at radius 3 is 1.34 bits per heavy atom. The van der Waals surface area contributed by atoms with Crippen molar-refractivity contribution in [1.82, 2.24) is 9.13 Å². The average molecular weight is 761 g/mol. The molecule has 2 heterocycles. The standard InChI is InChI=1S/C54H37FN4/c1-32-13-18-40(34(3)23-32)38-16-21-44-42-9-5-7-11-48(42)58(50(44)28-38)52-26-37(31-57)27-53(54(52)46-20-15-36(30-56)25-47(46)55)59-49-12-8-6-10-43(49)45-22-17-39(29-51(45)59)41-19-14-33(2)24-35(41)4/h5-29H,1-4H3. The van der Waals surface area contributed by atoms with Crippen LogP contribution in [0.5, 0.6) is 0 Å². The van der Waals surface area contributed by atoms with Crippen molar-refractivity contribution in [2.75, 3.05) is 0 Å². The van der Waals surface area contributed by atoms with Gasteiger partial charge in [-0.2, -0.15) is 10.5 Å². The summed E-state index contributed by atoms with van der Waals surface area (Å²) in [5.41, 5.74) is 15.7. The van der Waals surface area contributed by atoms with Crippen LogP contribution in [0.2, 0.25) is 0 Å². The molecular weight excluding hydrogens is 724 g/mol. The molecule has 10 rings (SSSR count). The number of para-hydroxylation sites is 2. The van der Waals surface area contributed by atoms with Gasteiger partial charge in [-0.25, -0.2) is 4.39 Å². The first-order valence-electron chi connectivity index (χ1n) is 19.7.